The number of amidine groups is 1. The molecule has 1 amide bonds. The van der Waals surface area contributed by atoms with Gasteiger partial charge < -0.3 is 14.2 Å². The second kappa shape index (κ2) is 10.2. The molecule has 30 heavy (non-hydrogen) atoms. The highest BCUT2D eigenvalue weighted by molar-refractivity contribution is 8.18. The predicted molar refractivity (Wildman–Crippen MR) is 122 cm³/mol. The number of hydrogen-bond donors (Lipinski definition) is 0. The Labute approximate surface area is 181 Å². The van der Waals surface area contributed by atoms with Crippen LogP contribution in [0.25, 0.3) is 6.08 Å². The summed E-state index contributed by atoms with van der Waals surface area (Å²) < 4.78 is 16.5. The number of amides is 1. The van der Waals surface area contributed by atoms with E-state index < -0.39 is 0 Å². The summed E-state index contributed by atoms with van der Waals surface area (Å²) in [5, 5.41) is 0.655. The van der Waals surface area contributed by atoms with Gasteiger partial charge in [-0.05, 0) is 75.0 Å². The Morgan fingerprint density at radius 2 is 1.70 bits per heavy atom. The van der Waals surface area contributed by atoms with Crippen LogP contribution in [-0.2, 0) is 4.79 Å². The average Bonchev–Trinajstić information content (AvgIpc) is 3.04. The summed E-state index contributed by atoms with van der Waals surface area (Å²) in [5.41, 5.74) is 1.60. The van der Waals surface area contributed by atoms with Gasteiger partial charge in [0.05, 0.1) is 30.9 Å². The van der Waals surface area contributed by atoms with E-state index >= 15 is 0 Å². The Kier molecular flexibility index (Phi) is 7.41. The van der Waals surface area contributed by atoms with Gasteiger partial charge in [-0.25, -0.2) is 4.99 Å². The molecule has 3 rings (SSSR count). The lowest BCUT2D eigenvalue weighted by Gasteiger charge is -2.12. The maximum atomic E-state index is 13.0. The minimum Gasteiger partial charge on any atom is -0.497 e. The second-order valence-corrected chi connectivity index (χ2v) is 7.33. The van der Waals surface area contributed by atoms with Crippen molar-refractivity contribution in [1.29, 1.82) is 0 Å². The predicted octanol–water partition coefficient (Wildman–Crippen LogP) is 5.12. The number of methoxy groups -OCH3 is 1. The van der Waals surface area contributed by atoms with Crippen LogP contribution in [0.15, 0.2) is 52.4 Å². The zero-order chi connectivity index (χ0) is 21.5. The van der Waals surface area contributed by atoms with Crippen LogP contribution in [0, 0.1) is 0 Å². The zero-order valence-corrected chi connectivity index (χ0v) is 18.5. The molecule has 7 heteroatoms. The molecule has 158 valence electrons. The lowest BCUT2D eigenvalue weighted by molar-refractivity contribution is -0.122. The van der Waals surface area contributed by atoms with E-state index in [1.54, 1.807) is 12.0 Å². The van der Waals surface area contributed by atoms with Crippen molar-refractivity contribution >= 4 is 34.6 Å². The van der Waals surface area contributed by atoms with Gasteiger partial charge in [-0.15, -0.1) is 0 Å². The molecule has 0 radical (unpaired) electrons. The van der Waals surface area contributed by atoms with E-state index in [9.17, 15) is 4.79 Å². The van der Waals surface area contributed by atoms with Crippen LogP contribution in [0.2, 0.25) is 0 Å². The Bertz CT molecular complexity index is 954. The number of hydrogen-bond acceptors (Lipinski definition) is 6. The number of aliphatic imine (C=N–C) groups is 1. The maximum Gasteiger partial charge on any atom is 0.266 e. The Balaban J connectivity index is 1.92. The first-order chi connectivity index (χ1) is 14.6. The number of nitrogens with zero attached hydrogens (tertiary/aromatic N) is 2. The van der Waals surface area contributed by atoms with Crippen LogP contribution in [-0.4, -0.2) is 42.8 Å². The van der Waals surface area contributed by atoms with Crippen LogP contribution in [0.3, 0.4) is 0 Å². The van der Waals surface area contributed by atoms with Crippen LogP contribution in [0.5, 0.6) is 17.2 Å². The first-order valence-electron chi connectivity index (χ1n) is 9.93. The molecule has 0 saturated carbocycles. The molecule has 6 nitrogen and oxygen atoms in total. The summed E-state index contributed by atoms with van der Waals surface area (Å²) in [6.45, 7) is 7.45. The zero-order valence-electron chi connectivity index (χ0n) is 17.7. The van der Waals surface area contributed by atoms with Crippen molar-refractivity contribution in [3.63, 3.8) is 0 Å². The highest BCUT2D eigenvalue weighted by Gasteiger charge is 2.32. The van der Waals surface area contributed by atoms with E-state index in [1.165, 1.54) is 11.8 Å². The molecule has 2 aromatic rings. The number of thioether (sulfide) groups is 1. The van der Waals surface area contributed by atoms with Gasteiger partial charge in [0.2, 0.25) is 0 Å². The topological polar surface area (TPSA) is 60.4 Å². The van der Waals surface area contributed by atoms with Gasteiger partial charge in [0, 0.05) is 18.2 Å². The highest BCUT2D eigenvalue weighted by atomic mass is 32.2. The number of carbonyl (C=O) groups is 1. The normalized spacial score (nSPS) is 16.4. The van der Waals surface area contributed by atoms with E-state index in [0.717, 1.165) is 22.7 Å². The molecule has 1 fully saturated rings. The number of carbonyl (C=O) groups excluding carboxylic acids is 1. The summed E-state index contributed by atoms with van der Waals surface area (Å²) in [5.74, 6) is 2.13. The summed E-state index contributed by atoms with van der Waals surface area (Å²) in [6.07, 6.45) is 1.85. The quantitative estimate of drug-likeness (QED) is 0.549. The molecule has 1 aliphatic rings. The first kappa shape index (κ1) is 21.8. The van der Waals surface area contributed by atoms with Crippen molar-refractivity contribution in [2.45, 2.75) is 20.8 Å². The van der Waals surface area contributed by atoms with E-state index in [-0.39, 0.29) is 5.91 Å². The van der Waals surface area contributed by atoms with Gasteiger partial charge in [-0.2, -0.15) is 0 Å². The molecular weight excluding hydrogens is 400 g/mol. The van der Waals surface area contributed by atoms with Gasteiger partial charge >= 0.3 is 0 Å². The van der Waals surface area contributed by atoms with E-state index in [1.807, 2.05) is 69.3 Å². The summed E-state index contributed by atoms with van der Waals surface area (Å²) >= 11 is 1.36. The first-order valence-corrected chi connectivity index (χ1v) is 10.7. The van der Waals surface area contributed by atoms with Gasteiger partial charge in [0.15, 0.2) is 5.17 Å². The minimum absolute atomic E-state index is 0.0638. The Morgan fingerprint density at radius 1 is 1.00 bits per heavy atom. The number of rotatable bonds is 8. The van der Waals surface area contributed by atoms with Gasteiger partial charge in [-0.1, -0.05) is 0 Å². The van der Waals surface area contributed by atoms with Crippen molar-refractivity contribution in [3.05, 3.63) is 52.9 Å². The molecule has 0 aliphatic carbocycles. The van der Waals surface area contributed by atoms with Crippen molar-refractivity contribution in [1.82, 2.24) is 4.90 Å². The van der Waals surface area contributed by atoms with Crippen LogP contribution >= 0.6 is 11.8 Å². The molecule has 0 bridgehead atoms. The Hall–Kier alpha value is -2.93. The average molecular weight is 427 g/mol. The highest BCUT2D eigenvalue weighted by Crippen LogP contribution is 2.36. The van der Waals surface area contributed by atoms with Crippen LogP contribution < -0.4 is 14.2 Å². The number of likely N-dealkylation sites (N-methyl/N-ethyl adjacent to an activating group) is 1. The van der Waals surface area contributed by atoms with Crippen molar-refractivity contribution in [2.24, 2.45) is 4.99 Å². The SMILES string of the molecule is CCOc1ccc(C=C2SC(=Nc3ccc(OC)cc3)N(CC)C2=O)c(OCC)c1. The summed E-state index contributed by atoms with van der Waals surface area (Å²) in [6, 6.07) is 13.1. The third-order valence-electron chi connectivity index (χ3n) is 4.38. The molecule has 0 atom stereocenters. The molecule has 1 aliphatic heterocycles. The molecule has 0 N–H and O–H groups in total. The lowest BCUT2D eigenvalue weighted by atomic mass is 10.1. The van der Waals surface area contributed by atoms with E-state index in [2.05, 4.69) is 4.99 Å². The third-order valence-corrected chi connectivity index (χ3v) is 5.39. The lowest BCUT2D eigenvalue weighted by Crippen LogP contribution is -2.28. The fourth-order valence-corrected chi connectivity index (χ4v) is 4.00. The Morgan fingerprint density at radius 3 is 2.33 bits per heavy atom. The molecular formula is C23H26N2O4S. The van der Waals surface area contributed by atoms with E-state index in [0.29, 0.717) is 35.6 Å². The second-order valence-electron chi connectivity index (χ2n) is 6.32. The van der Waals surface area contributed by atoms with Gasteiger partial charge in [0.1, 0.15) is 17.2 Å². The molecule has 1 heterocycles. The monoisotopic (exact) mass is 426 g/mol. The molecule has 0 unspecified atom stereocenters. The standard InChI is InChI=1S/C23H26N2O4S/c1-5-25-22(26)21(30-23(25)24-17-9-12-18(27-4)13-10-17)14-16-8-11-19(28-6-2)15-20(16)29-7-3/h8-15H,5-7H2,1-4H3. The van der Waals surface area contributed by atoms with Gasteiger partial charge in [0.25, 0.3) is 5.91 Å². The van der Waals surface area contributed by atoms with Crippen LogP contribution in [0.4, 0.5) is 5.69 Å². The summed E-state index contributed by atoms with van der Waals surface area (Å²) in [4.78, 5) is 19.9. The number of ether oxygens (including phenoxy) is 3. The largest absolute Gasteiger partial charge is 0.497 e. The fraction of sp³-hybridized carbons (Fsp3) is 0.304. The molecule has 1 saturated heterocycles. The van der Waals surface area contributed by atoms with E-state index in [4.69, 9.17) is 14.2 Å². The molecule has 2 aromatic carbocycles. The van der Waals surface area contributed by atoms with Crippen molar-refractivity contribution < 1.29 is 19.0 Å². The summed E-state index contributed by atoms with van der Waals surface area (Å²) in [7, 11) is 1.62. The molecule has 0 aromatic heterocycles. The van der Waals surface area contributed by atoms with Crippen LogP contribution in [0.1, 0.15) is 26.3 Å². The minimum atomic E-state index is -0.0638. The molecule has 0 spiro atoms. The number of benzene rings is 2. The fourth-order valence-electron chi connectivity index (χ4n) is 2.95. The third kappa shape index (κ3) is 4.97. The van der Waals surface area contributed by atoms with Crippen molar-refractivity contribution in [3.8, 4) is 17.2 Å². The maximum absolute atomic E-state index is 13.0. The van der Waals surface area contributed by atoms with Crippen molar-refractivity contribution in [2.75, 3.05) is 26.9 Å². The van der Waals surface area contributed by atoms with Gasteiger partial charge in [-0.3, -0.25) is 9.69 Å². The smallest absolute Gasteiger partial charge is 0.266 e.